The molecule has 1 unspecified atom stereocenters. The number of rotatable bonds is 9. The maximum Gasteiger partial charge on any atom is 0.325 e. The number of carbonyl (C=O) groups is 1. The number of hydrogen-bond donors (Lipinski definition) is 1. The quantitative estimate of drug-likeness (QED) is 0.521. The fourth-order valence-corrected chi connectivity index (χ4v) is 3.14. The zero-order valence-electron chi connectivity index (χ0n) is 13.7. The van der Waals surface area contributed by atoms with Gasteiger partial charge in [-0.3, -0.25) is 4.79 Å². The minimum Gasteiger partial charge on any atom is -0.468 e. The summed E-state index contributed by atoms with van der Waals surface area (Å²) in [5, 5.41) is 3.09. The van der Waals surface area contributed by atoms with E-state index >= 15 is 0 Å². The smallest absolute Gasteiger partial charge is 0.325 e. The van der Waals surface area contributed by atoms with Gasteiger partial charge in [-0.25, -0.2) is 0 Å². The molecule has 1 N–H and O–H groups in total. The first-order valence-electron chi connectivity index (χ1n) is 7.97. The van der Waals surface area contributed by atoms with Gasteiger partial charge in [0.2, 0.25) is 0 Å². The average molecular weight is 284 g/mol. The Morgan fingerprint density at radius 2 is 2.00 bits per heavy atom. The molecule has 0 aliphatic heterocycles. The van der Waals surface area contributed by atoms with Gasteiger partial charge in [0.15, 0.2) is 0 Å². The SMILES string of the molecule is CNC(C)(CCCCN(C)CC1CCCC1)C(=O)OC. The van der Waals surface area contributed by atoms with Crippen molar-refractivity contribution in [3.63, 3.8) is 0 Å². The number of likely N-dealkylation sites (N-methyl/N-ethyl adjacent to an activating group) is 1. The Hall–Kier alpha value is -0.610. The first-order valence-corrected chi connectivity index (χ1v) is 7.97. The van der Waals surface area contributed by atoms with Crippen LogP contribution in [0, 0.1) is 5.92 Å². The highest BCUT2D eigenvalue weighted by Gasteiger charge is 2.31. The van der Waals surface area contributed by atoms with Crippen molar-refractivity contribution in [2.75, 3.05) is 34.3 Å². The van der Waals surface area contributed by atoms with Crippen LogP contribution in [-0.2, 0) is 9.53 Å². The molecular weight excluding hydrogens is 252 g/mol. The zero-order valence-corrected chi connectivity index (χ0v) is 13.7. The largest absolute Gasteiger partial charge is 0.468 e. The summed E-state index contributed by atoms with van der Waals surface area (Å²) in [6, 6.07) is 0. The molecule has 118 valence electrons. The van der Waals surface area contributed by atoms with Crippen LogP contribution in [0.25, 0.3) is 0 Å². The third kappa shape index (κ3) is 5.41. The van der Waals surface area contributed by atoms with Crippen LogP contribution in [0.5, 0.6) is 0 Å². The molecule has 20 heavy (non-hydrogen) atoms. The maximum absolute atomic E-state index is 11.7. The van der Waals surface area contributed by atoms with Crippen molar-refractivity contribution in [3.05, 3.63) is 0 Å². The summed E-state index contributed by atoms with van der Waals surface area (Å²) in [4.78, 5) is 14.2. The van der Waals surface area contributed by atoms with Crippen LogP contribution in [0.3, 0.4) is 0 Å². The van der Waals surface area contributed by atoms with Crippen LogP contribution in [0.15, 0.2) is 0 Å². The predicted molar refractivity (Wildman–Crippen MR) is 82.8 cm³/mol. The van der Waals surface area contributed by atoms with Crippen molar-refractivity contribution in [2.24, 2.45) is 5.92 Å². The number of nitrogens with one attached hydrogen (secondary N) is 1. The second-order valence-electron chi connectivity index (χ2n) is 6.44. The van der Waals surface area contributed by atoms with E-state index in [-0.39, 0.29) is 5.97 Å². The summed E-state index contributed by atoms with van der Waals surface area (Å²) >= 11 is 0. The van der Waals surface area contributed by atoms with E-state index in [1.807, 2.05) is 14.0 Å². The monoisotopic (exact) mass is 284 g/mol. The van der Waals surface area contributed by atoms with E-state index in [0.717, 1.165) is 31.7 Å². The summed E-state index contributed by atoms with van der Waals surface area (Å²) in [6.45, 7) is 4.28. The molecule has 0 radical (unpaired) electrons. The number of esters is 1. The Bertz CT molecular complexity index is 290. The highest BCUT2D eigenvalue weighted by atomic mass is 16.5. The van der Waals surface area contributed by atoms with Crippen molar-refractivity contribution in [1.29, 1.82) is 0 Å². The Balaban J connectivity index is 2.17. The lowest BCUT2D eigenvalue weighted by molar-refractivity contribution is -0.148. The van der Waals surface area contributed by atoms with Gasteiger partial charge in [-0.2, -0.15) is 0 Å². The highest BCUT2D eigenvalue weighted by Crippen LogP contribution is 2.25. The van der Waals surface area contributed by atoms with E-state index in [1.54, 1.807) is 0 Å². The Morgan fingerprint density at radius 1 is 1.35 bits per heavy atom. The van der Waals surface area contributed by atoms with Gasteiger partial charge in [-0.15, -0.1) is 0 Å². The summed E-state index contributed by atoms with van der Waals surface area (Å²) in [5.74, 6) is 0.747. The maximum atomic E-state index is 11.7. The van der Waals surface area contributed by atoms with Crippen LogP contribution in [0.4, 0.5) is 0 Å². The molecule has 0 spiro atoms. The lowest BCUT2D eigenvalue weighted by atomic mass is 9.95. The first-order chi connectivity index (χ1) is 9.51. The molecular formula is C16H32N2O2. The van der Waals surface area contributed by atoms with Crippen molar-refractivity contribution < 1.29 is 9.53 Å². The van der Waals surface area contributed by atoms with Crippen molar-refractivity contribution in [3.8, 4) is 0 Å². The van der Waals surface area contributed by atoms with Crippen LogP contribution in [-0.4, -0.2) is 50.7 Å². The third-order valence-corrected chi connectivity index (χ3v) is 4.70. The molecule has 4 heteroatoms. The first kappa shape index (κ1) is 17.4. The van der Waals surface area contributed by atoms with Gasteiger partial charge in [0.05, 0.1) is 7.11 Å². The molecule has 1 rings (SSSR count). The average Bonchev–Trinajstić information content (AvgIpc) is 2.95. The van der Waals surface area contributed by atoms with Gasteiger partial charge in [-0.05, 0) is 65.6 Å². The van der Waals surface area contributed by atoms with Crippen LogP contribution >= 0.6 is 0 Å². The van der Waals surface area contributed by atoms with Gasteiger partial charge >= 0.3 is 5.97 Å². The van der Waals surface area contributed by atoms with E-state index in [1.165, 1.54) is 39.3 Å². The lowest BCUT2D eigenvalue weighted by Gasteiger charge is -2.26. The van der Waals surface area contributed by atoms with E-state index in [2.05, 4.69) is 17.3 Å². The molecule has 0 aromatic rings. The number of carbonyl (C=O) groups excluding carboxylic acids is 1. The van der Waals surface area contributed by atoms with Crippen LogP contribution in [0.1, 0.15) is 51.9 Å². The standard InChI is InChI=1S/C16H32N2O2/c1-16(17-2,15(19)20-4)11-7-8-12-18(3)13-14-9-5-6-10-14/h14,17H,5-13H2,1-4H3. The lowest BCUT2D eigenvalue weighted by Crippen LogP contribution is -2.48. The Kier molecular flexibility index (Phi) is 7.52. The minimum atomic E-state index is -0.543. The number of nitrogens with zero attached hydrogens (tertiary/aromatic N) is 1. The normalized spacial score (nSPS) is 19.2. The number of ether oxygens (including phenoxy) is 1. The molecule has 0 saturated heterocycles. The number of methoxy groups -OCH3 is 1. The molecule has 0 aromatic carbocycles. The molecule has 0 heterocycles. The van der Waals surface area contributed by atoms with Gasteiger partial charge in [0, 0.05) is 6.54 Å². The Labute approximate surface area is 124 Å². The fraction of sp³-hybridized carbons (Fsp3) is 0.938. The van der Waals surface area contributed by atoms with Crippen molar-refractivity contribution in [1.82, 2.24) is 10.2 Å². The molecule has 0 amide bonds. The number of hydrogen-bond acceptors (Lipinski definition) is 4. The third-order valence-electron chi connectivity index (χ3n) is 4.70. The summed E-state index contributed by atoms with van der Waals surface area (Å²) in [5.41, 5.74) is -0.543. The molecule has 4 nitrogen and oxygen atoms in total. The molecule has 1 aliphatic rings. The molecule has 0 aromatic heterocycles. The second kappa shape index (κ2) is 8.63. The molecule has 0 bridgehead atoms. The van der Waals surface area contributed by atoms with E-state index < -0.39 is 5.54 Å². The van der Waals surface area contributed by atoms with Gasteiger partial charge in [-0.1, -0.05) is 12.8 Å². The number of unbranched alkanes of at least 4 members (excludes halogenated alkanes) is 1. The van der Waals surface area contributed by atoms with Gasteiger partial charge in [0.1, 0.15) is 5.54 Å². The topological polar surface area (TPSA) is 41.6 Å². The van der Waals surface area contributed by atoms with Gasteiger partial charge in [0.25, 0.3) is 0 Å². The summed E-state index contributed by atoms with van der Waals surface area (Å²) in [7, 11) is 5.49. The second-order valence-corrected chi connectivity index (χ2v) is 6.44. The predicted octanol–water partition coefficient (Wildman–Crippen LogP) is 2.43. The van der Waals surface area contributed by atoms with Crippen LogP contribution in [0.2, 0.25) is 0 Å². The summed E-state index contributed by atoms with van der Waals surface area (Å²) < 4.78 is 4.86. The van der Waals surface area contributed by atoms with Crippen LogP contribution < -0.4 is 5.32 Å². The van der Waals surface area contributed by atoms with E-state index in [0.29, 0.717) is 0 Å². The van der Waals surface area contributed by atoms with E-state index in [9.17, 15) is 4.79 Å². The molecule has 1 aliphatic carbocycles. The van der Waals surface area contributed by atoms with Crippen molar-refractivity contribution in [2.45, 2.75) is 57.4 Å². The minimum absolute atomic E-state index is 0.167. The fourth-order valence-electron chi connectivity index (χ4n) is 3.14. The highest BCUT2D eigenvalue weighted by molar-refractivity contribution is 5.80. The zero-order chi connectivity index (χ0) is 15.0. The van der Waals surface area contributed by atoms with E-state index in [4.69, 9.17) is 4.74 Å². The molecule has 1 saturated carbocycles. The molecule has 1 fully saturated rings. The Morgan fingerprint density at radius 3 is 2.55 bits per heavy atom. The molecule has 1 atom stereocenters. The van der Waals surface area contributed by atoms with Crippen molar-refractivity contribution >= 4 is 5.97 Å². The summed E-state index contributed by atoms with van der Waals surface area (Å²) in [6.07, 6.45) is 8.65. The van der Waals surface area contributed by atoms with Gasteiger partial charge < -0.3 is 15.0 Å².